The summed E-state index contributed by atoms with van der Waals surface area (Å²) in [6.45, 7) is 1.02. The molecule has 0 unspecified atom stereocenters. The van der Waals surface area contributed by atoms with E-state index in [1.165, 1.54) is 0 Å². The van der Waals surface area contributed by atoms with E-state index < -0.39 is 0 Å². The molecule has 1 amide bonds. The predicted molar refractivity (Wildman–Crippen MR) is 78.2 cm³/mol. The number of carbonyl (C=O) groups excluding carboxylic acids is 1. The van der Waals surface area contributed by atoms with Crippen LogP contribution in [0.25, 0.3) is 0 Å². The van der Waals surface area contributed by atoms with Gasteiger partial charge in [-0.25, -0.2) is 0 Å². The monoisotopic (exact) mass is 339 g/mol. The Balaban J connectivity index is 1.91. The molecule has 0 spiro atoms. The molecule has 0 bridgehead atoms. The lowest BCUT2D eigenvalue weighted by molar-refractivity contribution is 0.0995. The van der Waals surface area contributed by atoms with Crippen molar-refractivity contribution >= 4 is 27.5 Å². The molecule has 0 aliphatic carbocycles. The number of rotatable bonds is 6. The minimum Gasteiger partial charge on any atom is -0.491 e. The number of anilines is 1. The van der Waals surface area contributed by atoms with Crippen molar-refractivity contribution in [2.45, 2.75) is 0 Å². The first-order chi connectivity index (χ1) is 9.69. The molecule has 0 radical (unpaired) electrons. The Morgan fingerprint density at radius 2 is 1.95 bits per heavy atom. The topological polar surface area (TPSA) is 60.7 Å². The van der Waals surface area contributed by atoms with Crippen LogP contribution in [0.4, 0.5) is 5.69 Å². The van der Waals surface area contributed by atoms with Gasteiger partial charge < -0.3 is 19.2 Å². The number of nitrogens with one attached hydrogen (secondary N) is 1. The number of furan rings is 1. The average Bonchev–Trinajstić information content (AvgIpc) is 2.88. The maximum atomic E-state index is 11.8. The fourth-order valence-electron chi connectivity index (χ4n) is 1.51. The molecule has 106 valence electrons. The Labute approximate surface area is 125 Å². The second-order valence-corrected chi connectivity index (χ2v) is 4.71. The van der Waals surface area contributed by atoms with Crippen molar-refractivity contribution in [2.75, 3.05) is 25.6 Å². The third-order valence-corrected chi connectivity index (χ3v) is 2.89. The van der Waals surface area contributed by atoms with Gasteiger partial charge in [0.25, 0.3) is 5.91 Å². The Kier molecular flexibility index (Phi) is 5.20. The molecule has 0 atom stereocenters. The summed E-state index contributed by atoms with van der Waals surface area (Å²) in [6, 6.07) is 10.4. The molecule has 0 fully saturated rings. The Morgan fingerprint density at radius 3 is 2.55 bits per heavy atom. The summed E-state index contributed by atoms with van der Waals surface area (Å²) in [5, 5.41) is 2.73. The molecule has 2 aromatic rings. The molecule has 1 N–H and O–H groups in total. The first-order valence-corrected chi connectivity index (χ1v) is 6.77. The summed E-state index contributed by atoms with van der Waals surface area (Å²) in [7, 11) is 1.62. The molecule has 2 rings (SSSR count). The van der Waals surface area contributed by atoms with Crippen molar-refractivity contribution in [2.24, 2.45) is 0 Å². The van der Waals surface area contributed by atoms with E-state index in [0.717, 1.165) is 5.75 Å². The zero-order valence-corrected chi connectivity index (χ0v) is 12.5. The van der Waals surface area contributed by atoms with Crippen molar-refractivity contribution in [1.82, 2.24) is 0 Å². The van der Waals surface area contributed by atoms with Crippen molar-refractivity contribution < 1.29 is 18.7 Å². The number of amides is 1. The van der Waals surface area contributed by atoms with Gasteiger partial charge in [0.1, 0.15) is 12.4 Å². The van der Waals surface area contributed by atoms with Gasteiger partial charge in [-0.1, -0.05) is 0 Å². The fraction of sp³-hybridized carbons (Fsp3) is 0.214. The Hall–Kier alpha value is -1.79. The SMILES string of the molecule is COCCOc1ccc(NC(=O)c2ccc(Br)o2)cc1. The van der Waals surface area contributed by atoms with Crippen LogP contribution in [0, 0.1) is 0 Å². The van der Waals surface area contributed by atoms with Gasteiger partial charge in [0.15, 0.2) is 10.4 Å². The van der Waals surface area contributed by atoms with Gasteiger partial charge in [-0.05, 0) is 52.3 Å². The van der Waals surface area contributed by atoms with Crippen LogP contribution in [0.15, 0.2) is 45.5 Å². The molecule has 1 aromatic carbocycles. The molecule has 5 nitrogen and oxygen atoms in total. The summed E-state index contributed by atoms with van der Waals surface area (Å²) in [5.74, 6) is 0.668. The maximum Gasteiger partial charge on any atom is 0.291 e. The van der Waals surface area contributed by atoms with Gasteiger partial charge in [0.2, 0.25) is 0 Å². The van der Waals surface area contributed by atoms with Crippen LogP contribution >= 0.6 is 15.9 Å². The highest BCUT2D eigenvalue weighted by Crippen LogP contribution is 2.18. The van der Waals surface area contributed by atoms with E-state index in [0.29, 0.717) is 23.6 Å². The van der Waals surface area contributed by atoms with Crippen LogP contribution in [0.5, 0.6) is 5.75 Å². The van der Waals surface area contributed by atoms with Gasteiger partial charge in [-0.3, -0.25) is 4.79 Å². The number of carbonyl (C=O) groups is 1. The van der Waals surface area contributed by atoms with E-state index in [-0.39, 0.29) is 11.7 Å². The van der Waals surface area contributed by atoms with Crippen LogP contribution in [0.3, 0.4) is 0 Å². The summed E-state index contributed by atoms with van der Waals surface area (Å²) in [5.41, 5.74) is 0.668. The third kappa shape index (κ3) is 4.11. The zero-order valence-electron chi connectivity index (χ0n) is 10.9. The molecular formula is C14H14BrNO4. The van der Waals surface area contributed by atoms with Crippen molar-refractivity contribution in [1.29, 1.82) is 0 Å². The van der Waals surface area contributed by atoms with Crippen molar-refractivity contribution in [3.05, 3.63) is 46.8 Å². The number of hydrogen-bond acceptors (Lipinski definition) is 4. The maximum absolute atomic E-state index is 11.8. The van der Waals surface area contributed by atoms with E-state index in [1.54, 1.807) is 43.5 Å². The predicted octanol–water partition coefficient (Wildman–Crippen LogP) is 3.32. The number of ether oxygens (including phenoxy) is 2. The molecule has 1 aromatic heterocycles. The lowest BCUT2D eigenvalue weighted by Gasteiger charge is -2.07. The molecule has 1 heterocycles. The molecule has 0 saturated heterocycles. The molecule has 0 saturated carbocycles. The third-order valence-electron chi connectivity index (χ3n) is 2.47. The van der Waals surface area contributed by atoms with Crippen LogP contribution < -0.4 is 10.1 Å². The highest BCUT2D eigenvalue weighted by atomic mass is 79.9. The van der Waals surface area contributed by atoms with Gasteiger partial charge in [0.05, 0.1) is 6.61 Å². The molecule has 0 aliphatic rings. The van der Waals surface area contributed by atoms with E-state index in [2.05, 4.69) is 21.2 Å². The summed E-state index contributed by atoms with van der Waals surface area (Å²) < 4.78 is 16.0. The summed E-state index contributed by atoms with van der Waals surface area (Å²) >= 11 is 3.15. The normalized spacial score (nSPS) is 10.3. The second kappa shape index (κ2) is 7.12. The smallest absolute Gasteiger partial charge is 0.291 e. The van der Waals surface area contributed by atoms with Gasteiger partial charge >= 0.3 is 0 Å². The Bertz CT molecular complexity index is 565. The van der Waals surface area contributed by atoms with Crippen LogP contribution in [-0.4, -0.2) is 26.2 Å². The summed E-state index contributed by atoms with van der Waals surface area (Å²) in [4.78, 5) is 11.8. The highest BCUT2D eigenvalue weighted by Gasteiger charge is 2.10. The molecule has 20 heavy (non-hydrogen) atoms. The standard InChI is InChI=1S/C14H14BrNO4/c1-18-8-9-19-11-4-2-10(3-5-11)16-14(17)12-6-7-13(15)20-12/h2-7H,8-9H2,1H3,(H,16,17). The quantitative estimate of drug-likeness (QED) is 0.820. The van der Waals surface area contributed by atoms with Crippen LogP contribution in [0.1, 0.15) is 10.6 Å². The van der Waals surface area contributed by atoms with E-state index >= 15 is 0 Å². The van der Waals surface area contributed by atoms with Crippen molar-refractivity contribution in [3.63, 3.8) is 0 Å². The first kappa shape index (κ1) is 14.6. The highest BCUT2D eigenvalue weighted by molar-refractivity contribution is 9.10. The number of hydrogen-bond donors (Lipinski definition) is 1. The van der Waals surface area contributed by atoms with Crippen LogP contribution in [-0.2, 0) is 4.74 Å². The van der Waals surface area contributed by atoms with E-state index in [1.807, 2.05) is 0 Å². The van der Waals surface area contributed by atoms with Crippen LogP contribution in [0.2, 0.25) is 0 Å². The summed E-state index contributed by atoms with van der Waals surface area (Å²) in [6.07, 6.45) is 0. The second-order valence-electron chi connectivity index (χ2n) is 3.92. The Morgan fingerprint density at radius 1 is 1.20 bits per heavy atom. The zero-order chi connectivity index (χ0) is 14.4. The lowest BCUT2D eigenvalue weighted by Crippen LogP contribution is -2.10. The number of halogens is 1. The number of methoxy groups -OCH3 is 1. The number of benzene rings is 1. The first-order valence-electron chi connectivity index (χ1n) is 5.97. The molecular weight excluding hydrogens is 326 g/mol. The van der Waals surface area contributed by atoms with Gasteiger partial charge in [-0.2, -0.15) is 0 Å². The average molecular weight is 340 g/mol. The van der Waals surface area contributed by atoms with Crippen molar-refractivity contribution in [3.8, 4) is 5.75 Å². The van der Waals surface area contributed by atoms with E-state index in [4.69, 9.17) is 13.9 Å². The molecule has 0 aliphatic heterocycles. The van der Waals surface area contributed by atoms with Gasteiger partial charge in [0, 0.05) is 12.8 Å². The minimum absolute atomic E-state index is 0.247. The minimum atomic E-state index is -0.302. The molecule has 6 heteroatoms. The largest absolute Gasteiger partial charge is 0.491 e. The van der Waals surface area contributed by atoms with E-state index in [9.17, 15) is 4.79 Å². The van der Waals surface area contributed by atoms with Gasteiger partial charge in [-0.15, -0.1) is 0 Å². The lowest BCUT2D eigenvalue weighted by atomic mass is 10.3. The fourth-order valence-corrected chi connectivity index (χ4v) is 1.81.